The molecule has 1 heterocycles. The van der Waals surface area contributed by atoms with Crippen LogP contribution in [0.4, 0.5) is 5.69 Å². The molecule has 0 bridgehead atoms. The van der Waals surface area contributed by atoms with Crippen LogP contribution in [-0.4, -0.2) is 18.4 Å². The number of nitrogens with zero attached hydrogens (tertiary/aromatic N) is 1. The molecule has 4 rings (SSSR count). The van der Waals surface area contributed by atoms with Crippen molar-refractivity contribution in [2.24, 2.45) is 0 Å². The van der Waals surface area contributed by atoms with Crippen LogP contribution in [0.3, 0.4) is 0 Å². The Morgan fingerprint density at radius 2 is 1.80 bits per heavy atom. The fourth-order valence-corrected chi connectivity index (χ4v) is 4.10. The van der Waals surface area contributed by atoms with Crippen molar-refractivity contribution in [3.05, 3.63) is 98.5 Å². The lowest BCUT2D eigenvalue weighted by Crippen LogP contribution is -2.29. The van der Waals surface area contributed by atoms with E-state index in [1.807, 2.05) is 31.2 Å². The number of halogens is 2. The molecule has 4 nitrogen and oxygen atoms in total. The van der Waals surface area contributed by atoms with E-state index in [2.05, 4.69) is 27.3 Å². The molecule has 30 heavy (non-hydrogen) atoms. The van der Waals surface area contributed by atoms with E-state index in [0.29, 0.717) is 22.7 Å². The molecule has 1 aliphatic heterocycles. The highest BCUT2D eigenvalue weighted by Gasteiger charge is 2.26. The van der Waals surface area contributed by atoms with Gasteiger partial charge in [-0.15, -0.1) is 0 Å². The van der Waals surface area contributed by atoms with Gasteiger partial charge in [0.1, 0.15) is 0 Å². The van der Waals surface area contributed by atoms with Crippen molar-refractivity contribution in [1.82, 2.24) is 5.32 Å². The molecule has 0 fully saturated rings. The molecule has 1 aliphatic rings. The van der Waals surface area contributed by atoms with Crippen LogP contribution in [0.5, 0.6) is 0 Å². The Kier molecular flexibility index (Phi) is 5.93. The van der Waals surface area contributed by atoms with Crippen LogP contribution in [0.15, 0.2) is 71.2 Å². The van der Waals surface area contributed by atoms with Gasteiger partial charge in [0.05, 0.1) is 6.04 Å². The summed E-state index contributed by atoms with van der Waals surface area (Å²) in [6.07, 6.45) is 0.781. The minimum Gasteiger partial charge on any atom is -0.346 e. The zero-order valence-corrected chi connectivity index (χ0v) is 18.7. The predicted molar refractivity (Wildman–Crippen MR) is 123 cm³/mol. The van der Waals surface area contributed by atoms with E-state index in [4.69, 9.17) is 11.6 Å². The second-order valence-corrected chi connectivity index (χ2v) is 8.66. The SMILES string of the molecule is C[C@@H](NC(=O)c1ccc(Br)cc1)c1ccc2c(c1)CCN2C(=O)c1cccc(Cl)c1. The minimum atomic E-state index is -0.149. The normalized spacial score (nSPS) is 13.6. The van der Waals surface area contributed by atoms with Crippen molar-refractivity contribution < 1.29 is 9.59 Å². The summed E-state index contributed by atoms with van der Waals surface area (Å²) in [7, 11) is 0. The van der Waals surface area contributed by atoms with Gasteiger partial charge in [0, 0.05) is 32.9 Å². The summed E-state index contributed by atoms with van der Waals surface area (Å²) in [5, 5.41) is 3.59. The zero-order chi connectivity index (χ0) is 21.3. The molecular weight excluding hydrogens is 464 g/mol. The molecule has 3 aromatic rings. The number of carbonyl (C=O) groups is 2. The molecule has 3 aromatic carbocycles. The monoisotopic (exact) mass is 482 g/mol. The van der Waals surface area contributed by atoms with Crippen LogP contribution in [-0.2, 0) is 6.42 Å². The van der Waals surface area contributed by atoms with E-state index in [-0.39, 0.29) is 17.9 Å². The van der Waals surface area contributed by atoms with Gasteiger partial charge in [0.2, 0.25) is 0 Å². The van der Waals surface area contributed by atoms with E-state index in [1.165, 1.54) is 0 Å². The highest BCUT2D eigenvalue weighted by molar-refractivity contribution is 9.10. The van der Waals surface area contributed by atoms with Crippen molar-refractivity contribution in [2.45, 2.75) is 19.4 Å². The number of fused-ring (bicyclic) bond motifs is 1. The summed E-state index contributed by atoms with van der Waals surface area (Å²) in [5.41, 5.74) is 4.22. The fraction of sp³-hybridized carbons (Fsp3) is 0.167. The van der Waals surface area contributed by atoms with Gasteiger partial charge in [-0.1, -0.05) is 45.7 Å². The van der Waals surface area contributed by atoms with Crippen LogP contribution in [0, 0.1) is 0 Å². The Hall–Kier alpha value is -2.63. The van der Waals surface area contributed by atoms with Crippen molar-refractivity contribution in [1.29, 1.82) is 0 Å². The number of hydrogen-bond acceptors (Lipinski definition) is 2. The summed E-state index contributed by atoms with van der Waals surface area (Å²) in [6, 6.07) is 20.1. The first-order chi connectivity index (χ1) is 14.4. The van der Waals surface area contributed by atoms with E-state index >= 15 is 0 Å². The summed E-state index contributed by atoms with van der Waals surface area (Å²) in [5.74, 6) is -0.172. The Labute approximate surface area is 189 Å². The summed E-state index contributed by atoms with van der Waals surface area (Å²) < 4.78 is 0.933. The molecule has 152 valence electrons. The molecule has 1 atom stereocenters. The third kappa shape index (κ3) is 4.27. The van der Waals surface area contributed by atoms with Crippen molar-refractivity contribution in [3.63, 3.8) is 0 Å². The lowest BCUT2D eigenvalue weighted by Gasteiger charge is -2.19. The number of hydrogen-bond donors (Lipinski definition) is 1. The molecule has 1 N–H and O–H groups in total. The first-order valence-electron chi connectivity index (χ1n) is 9.69. The van der Waals surface area contributed by atoms with Crippen LogP contribution in [0.2, 0.25) is 5.02 Å². The topological polar surface area (TPSA) is 49.4 Å². The van der Waals surface area contributed by atoms with E-state index in [1.54, 1.807) is 41.3 Å². The van der Waals surface area contributed by atoms with Gasteiger partial charge in [-0.25, -0.2) is 0 Å². The number of anilines is 1. The molecule has 0 saturated carbocycles. The van der Waals surface area contributed by atoms with Crippen molar-refractivity contribution >= 4 is 45.0 Å². The maximum Gasteiger partial charge on any atom is 0.258 e. The lowest BCUT2D eigenvalue weighted by molar-refractivity contribution is 0.0938. The number of nitrogens with one attached hydrogen (secondary N) is 1. The van der Waals surface area contributed by atoms with E-state index in [0.717, 1.165) is 27.7 Å². The maximum absolute atomic E-state index is 12.9. The average Bonchev–Trinajstić information content (AvgIpc) is 3.16. The lowest BCUT2D eigenvalue weighted by atomic mass is 10.0. The number of rotatable bonds is 4. The fourth-order valence-electron chi connectivity index (χ4n) is 3.64. The largest absolute Gasteiger partial charge is 0.346 e. The Balaban J connectivity index is 1.50. The molecule has 6 heteroatoms. The predicted octanol–water partition coefficient (Wildman–Crippen LogP) is 5.80. The first kappa shape index (κ1) is 20.6. The molecule has 0 radical (unpaired) electrons. The van der Waals surface area contributed by atoms with Crippen LogP contribution < -0.4 is 10.2 Å². The van der Waals surface area contributed by atoms with Crippen LogP contribution >= 0.6 is 27.5 Å². The summed E-state index contributed by atoms with van der Waals surface area (Å²) in [6.45, 7) is 2.59. The van der Waals surface area contributed by atoms with E-state index in [9.17, 15) is 9.59 Å². The highest BCUT2D eigenvalue weighted by Crippen LogP contribution is 2.32. The third-order valence-corrected chi connectivity index (χ3v) is 6.03. The van der Waals surface area contributed by atoms with Crippen molar-refractivity contribution in [2.75, 3.05) is 11.4 Å². The van der Waals surface area contributed by atoms with Gasteiger partial charge in [-0.2, -0.15) is 0 Å². The van der Waals surface area contributed by atoms with Gasteiger partial charge < -0.3 is 10.2 Å². The van der Waals surface area contributed by atoms with Gasteiger partial charge >= 0.3 is 0 Å². The standard InChI is InChI=1S/C24H20BrClN2O2/c1-15(27-23(29)16-5-8-20(25)9-6-16)17-7-10-22-18(13-17)11-12-28(22)24(30)19-3-2-4-21(26)14-19/h2-10,13-15H,11-12H2,1H3,(H,27,29)/t15-/m1/s1. The third-order valence-electron chi connectivity index (χ3n) is 5.27. The number of amides is 2. The minimum absolute atomic E-state index is 0.0550. The molecule has 0 aliphatic carbocycles. The molecule has 2 amide bonds. The Bertz CT molecular complexity index is 1110. The summed E-state index contributed by atoms with van der Waals surface area (Å²) >= 11 is 9.42. The average molecular weight is 484 g/mol. The molecule has 0 saturated heterocycles. The Morgan fingerprint density at radius 3 is 2.53 bits per heavy atom. The first-order valence-corrected chi connectivity index (χ1v) is 10.9. The van der Waals surface area contributed by atoms with Crippen LogP contribution in [0.25, 0.3) is 0 Å². The second-order valence-electron chi connectivity index (χ2n) is 7.31. The zero-order valence-electron chi connectivity index (χ0n) is 16.4. The van der Waals surface area contributed by atoms with Crippen LogP contribution in [0.1, 0.15) is 44.8 Å². The molecule has 0 spiro atoms. The summed E-state index contributed by atoms with van der Waals surface area (Å²) in [4.78, 5) is 27.2. The highest BCUT2D eigenvalue weighted by atomic mass is 79.9. The second kappa shape index (κ2) is 8.62. The number of carbonyl (C=O) groups excluding carboxylic acids is 2. The quantitative estimate of drug-likeness (QED) is 0.510. The van der Waals surface area contributed by atoms with Gasteiger partial charge in [-0.3, -0.25) is 9.59 Å². The molecular formula is C24H20BrClN2O2. The molecule has 0 aromatic heterocycles. The van der Waals surface area contributed by atoms with E-state index < -0.39 is 0 Å². The van der Waals surface area contributed by atoms with Crippen molar-refractivity contribution in [3.8, 4) is 0 Å². The Morgan fingerprint density at radius 1 is 1.03 bits per heavy atom. The maximum atomic E-state index is 12.9. The van der Waals surface area contributed by atoms with Gasteiger partial charge in [0.15, 0.2) is 0 Å². The van der Waals surface area contributed by atoms with Gasteiger partial charge in [0.25, 0.3) is 11.8 Å². The van der Waals surface area contributed by atoms with Gasteiger partial charge in [-0.05, 0) is 73.0 Å². The number of benzene rings is 3. The molecule has 0 unspecified atom stereocenters. The smallest absolute Gasteiger partial charge is 0.258 e.